The molecule has 0 fully saturated rings. The van der Waals surface area contributed by atoms with E-state index in [1.807, 2.05) is 0 Å². The Morgan fingerprint density at radius 2 is 2.25 bits per heavy atom. The molecular formula is C8H12FNO2. The molecule has 0 aliphatic heterocycles. The first-order chi connectivity index (χ1) is 5.60. The lowest BCUT2D eigenvalue weighted by Gasteiger charge is -2.13. The van der Waals surface area contributed by atoms with E-state index in [9.17, 15) is 9.18 Å². The molecule has 0 rings (SSSR count). The fourth-order valence-corrected chi connectivity index (χ4v) is 0.794. The van der Waals surface area contributed by atoms with Crippen LogP contribution in [0.4, 0.5) is 4.39 Å². The lowest BCUT2D eigenvalue weighted by atomic mass is 10.0. The van der Waals surface area contributed by atoms with Gasteiger partial charge in [0, 0.05) is 6.42 Å². The summed E-state index contributed by atoms with van der Waals surface area (Å²) in [4.78, 5) is 10.9. The van der Waals surface area contributed by atoms with Gasteiger partial charge in [0.15, 0.2) is 0 Å². The number of hydrogen-bond acceptors (Lipinski definition) is 3. The van der Waals surface area contributed by atoms with Crippen molar-refractivity contribution >= 4 is 5.97 Å². The molecule has 0 amide bonds. The average Bonchev–Trinajstić information content (AvgIpc) is 2.05. The molecule has 0 aromatic heterocycles. The predicted octanol–water partition coefficient (Wildman–Crippen LogP) is 1.58. The van der Waals surface area contributed by atoms with Crippen molar-refractivity contribution in [3.63, 3.8) is 0 Å². The van der Waals surface area contributed by atoms with Crippen LogP contribution in [0.2, 0.25) is 0 Å². The quantitative estimate of drug-likeness (QED) is 0.606. The van der Waals surface area contributed by atoms with Gasteiger partial charge in [0.2, 0.25) is 0 Å². The first-order valence-electron chi connectivity index (χ1n) is 3.88. The van der Waals surface area contributed by atoms with Gasteiger partial charge < -0.3 is 4.74 Å². The van der Waals surface area contributed by atoms with Crippen LogP contribution in [0.25, 0.3) is 0 Å². The summed E-state index contributed by atoms with van der Waals surface area (Å²) >= 11 is 0. The number of ether oxygens (including phenoxy) is 1. The van der Waals surface area contributed by atoms with Gasteiger partial charge in [0.1, 0.15) is 6.07 Å². The van der Waals surface area contributed by atoms with Crippen LogP contribution in [-0.2, 0) is 9.53 Å². The molecule has 0 aromatic carbocycles. The Morgan fingerprint density at radius 1 is 1.67 bits per heavy atom. The second kappa shape index (κ2) is 4.70. The summed E-state index contributed by atoms with van der Waals surface area (Å²) in [6.45, 7) is 3.36. The van der Waals surface area contributed by atoms with E-state index >= 15 is 0 Å². The third-order valence-corrected chi connectivity index (χ3v) is 1.37. The molecular weight excluding hydrogens is 161 g/mol. The summed E-state index contributed by atoms with van der Waals surface area (Å²) in [7, 11) is 0. The zero-order valence-electron chi connectivity index (χ0n) is 7.26. The highest BCUT2D eigenvalue weighted by molar-refractivity contribution is 5.82. The van der Waals surface area contributed by atoms with Crippen LogP contribution in [0.3, 0.4) is 0 Å². The molecule has 3 nitrogen and oxygen atoms in total. The fraction of sp³-hybridized carbons (Fsp3) is 0.750. The molecule has 0 radical (unpaired) electrons. The van der Waals surface area contributed by atoms with Gasteiger partial charge in [-0.2, -0.15) is 5.26 Å². The maximum Gasteiger partial charge on any atom is 0.358 e. The zero-order valence-corrected chi connectivity index (χ0v) is 7.26. The third kappa shape index (κ3) is 2.50. The van der Waals surface area contributed by atoms with Crippen molar-refractivity contribution in [1.82, 2.24) is 0 Å². The Bertz CT molecular complexity index is 200. The number of halogens is 1. The van der Waals surface area contributed by atoms with Crippen LogP contribution in [0.15, 0.2) is 0 Å². The molecule has 0 spiro atoms. The third-order valence-electron chi connectivity index (χ3n) is 1.37. The molecule has 0 heterocycles. The van der Waals surface area contributed by atoms with Gasteiger partial charge >= 0.3 is 5.97 Å². The van der Waals surface area contributed by atoms with E-state index in [2.05, 4.69) is 4.74 Å². The maximum atomic E-state index is 13.3. The van der Waals surface area contributed by atoms with E-state index in [1.165, 1.54) is 6.07 Å². The first kappa shape index (κ1) is 10.9. The summed E-state index contributed by atoms with van der Waals surface area (Å²) < 4.78 is 17.7. The minimum atomic E-state index is -2.45. The lowest BCUT2D eigenvalue weighted by Crippen LogP contribution is -2.33. The molecule has 0 bridgehead atoms. The van der Waals surface area contributed by atoms with Crippen molar-refractivity contribution < 1.29 is 13.9 Å². The van der Waals surface area contributed by atoms with Crippen molar-refractivity contribution in [3.8, 4) is 6.07 Å². The summed E-state index contributed by atoms with van der Waals surface area (Å²) in [5.74, 6) is -1.07. The molecule has 0 unspecified atom stereocenters. The number of carbonyl (C=O) groups excluding carboxylic acids is 1. The Balaban J connectivity index is 4.32. The molecule has 0 aliphatic rings. The number of hydrogen-bond donors (Lipinski definition) is 0. The van der Waals surface area contributed by atoms with Crippen LogP contribution in [0.1, 0.15) is 26.7 Å². The number of alkyl halides is 1. The van der Waals surface area contributed by atoms with Gasteiger partial charge in [-0.25, -0.2) is 9.18 Å². The first-order valence-corrected chi connectivity index (χ1v) is 3.88. The van der Waals surface area contributed by atoms with Gasteiger partial charge in [-0.05, 0) is 6.92 Å². The van der Waals surface area contributed by atoms with Crippen LogP contribution < -0.4 is 0 Å². The smallest absolute Gasteiger partial charge is 0.358 e. The average molecular weight is 173 g/mol. The van der Waals surface area contributed by atoms with Crippen LogP contribution in [0.5, 0.6) is 0 Å². The fourth-order valence-electron chi connectivity index (χ4n) is 0.794. The summed E-state index contributed by atoms with van der Waals surface area (Å²) in [5.41, 5.74) is -2.45. The molecule has 0 aromatic rings. The van der Waals surface area contributed by atoms with Gasteiger partial charge in [0.05, 0.1) is 6.61 Å². The second-order valence-corrected chi connectivity index (χ2v) is 2.38. The molecule has 0 N–H and O–H groups in total. The van der Waals surface area contributed by atoms with E-state index in [1.54, 1.807) is 13.8 Å². The Kier molecular flexibility index (Phi) is 4.27. The van der Waals surface area contributed by atoms with Crippen LogP contribution >= 0.6 is 0 Å². The van der Waals surface area contributed by atoms with E-state index in [-0.39, 0.29) is 13.0 Å². The molecule has 0 saturated heterocycles. The summed E-state index contributed by atoms with van der Waals surface area (Å²) in [5, 5.41) is 8.39. The largest absolute Gasteiger partial charge is 0.463 e. The number of carbonyl (C=O) groups is 1. The Morgan fingerprint density at radius 3 is 2.58 bits per heavy atom. The molecule has 1 atom stereocenters. The van der Waals surface area contributed by atoms with Gasteiger partial charge in [-0.15, -0.1) is 0 Å². The van der Waals surface area contributed by atoms with Crippen LogP contribution in [0, 0.1) is 11.3 Å². The Hall–Kier alpha value is -1.11. The molecule has 68 valence electrons. The Labute approximate surface area is 71.1 Å². The van der Waals surface area contributed by atoms with Gasteiger partial charge in [0.25, 0.3) is 5.67 Å². The van der Waals surface area contributed by atoms with Crippen molar-refractivity contribution in [2.45, 2.75) is 32.4 Å². The minimum absolute atomic E-state index is 0.0932. The standard InChI is InChI=1S/C8H12FNO2/c1-3-5-8(9,6-10)7(11)12-4-2/h3-5H2,1-2H3/t8-/m0/s1. The van der Waals surface area contributed by atoms with Crippen molar-refractivity contribution in [2.75, 3.05) is 6.61 Å². The van der Waals surface area contributed by atoms with E-state index < -0.39 is 11.6 Å². The van der Waals surface area contributed by atoms with E-state index in [0.29, 0.717) is 6.42 Å². The number of esters is 1. The topological polar surface area (TPSA) is 50.1 Å². The second-order valence-electron chi connectivity index (χ2n) is 2.38. The molecule has 0 aliphatic carbocycles. The normalized spacial score (nSPS) is 14.5. The van der Waals surface area contributed by atoms with Crippen molar-refractivity contribution in [1.29, 1.82) is 5.26 Å². The van der Waals surface area contributed by atoms with Crippen LogP contribution in [-0.4, -0.2) is 18.2 Å². The highest BCUT2D eigenvalue weighted by atomic mass is 19.1. The molecule has 0 saturated carbocycles. The SMILES string of the molecule is CCC[C@](F)(C#N)C(=O)OCC. The lowest BCUT2D eigenvalue weighted by molar-refractivity contribution is -0.153. The monoisotopic (exact) mass is 173 g/mol. The summed E-state index contributed by atoms with van der Waals surface area (Å²) in [6, 6.07) is 1.32. The van der Waals surface area contributed by atoms with Crippen molar-refractivity contribution in [3.05, 3.63) is 0 Å². The summed E-state index contributed by atoms with van der Waals surface area (Å²) in [6.07, 6.45) is 0.325. The number of rotatable bonds is 4. The molecule has 12 heavy (non-hydrogen) atoms. The predicted molar refractivity (Wildman–Crippen MR) is 41.0 cm³/mol. The van der Waals surface area contributed by atoms with Crippen molar-refractivity contribution in [2.24, 2.45) is 0 Å². The maximum absolute atomic E-state index is 13.3. The minimum Gasteiger partial charge on any atom is -0.463 e. The van der Waals surface area contributed by atoms with E-state index in [0.717, 1.165) is 0 Å². The zero-order chi connectivity index (χ0) is 9.61. The highest BCUT2D eigenvalue weighted by Crippen LogP contribution is 2.18. The van der Waals surface area contributed by atoms with E-state index in [4.69, 9.17) is 5.26 Å². The number of nitrogens with zero attached hydrogens (tertiary/aromatic N) is 1. The van der Waals surface area contributed by atoms with Gasteiger partial charge in [-0.3, -0.25) is 0 Å². The molecule has 4 heteroatoms. The number of nitriles is 1. The van der Waals surface area contributed by atoms with Gasteiger partial charge in [-0.1, -0.05) is 13.3 Å². The highest BCUT2D eigenvalue weighted by Gasteiger charge is 2.39.